The van der Waals surface area contributed by atoms with E-state index in [4.69, 9.17) is 11.6 Å². The number of carbonyl (C=O) groups excluding carboxylic acids is 1. The minimum atomic E-state index is -3.41. The highest BCUT2D eigenvalue weighted by Gasteiger charge is 2.28. The minimum absolute atomic E-state index is 0.0229. The second kappa shape index (κ2) is 9.26. The predicted octanol–water partition coefficient (Wildman–Crippen LogP) is 3.25. The number of benzene rings is 2. The van der Waals surface area contributed by atoms with Gasteiger partial charge in [0.1, 0.15) is 5.82 Å². The van der Waals surface area contributed by atoms with Crippen LogP contribution in [0.4, 0.5) is 4.39 Å². The van der Waals surface area contributed by atoms with E-state index >= 15 is 0 Å². The number of amides is 1. The molecule has 0 N–H and O–H groups in total. The molecule has 150 valence electrons. The lowest BCUT2D eigenvalue weighted by molar-refractivity contribution is -0.129. The van der Waals surface area contributed by atoms with Crippen LogP contribution in [0.3, 0.4) is 0 Å². The molecule has 0 unspecified atom stereocenters. The Bertz CT molecular complexity index is 933. The molecule has 2 aromatic carbocycles. The van der Waals surface area contributed by atoms with Crippen LogP contribution in [0.25, 0.3) is 0 Å². The number of halogens is 2. The fraction of sp³-hybridized carbons (Fsp3) is 0.316. The van der Waals surface area contributed by atoms with Crippen LogP contribution in [0.5, 0.6) is 0 Å². The Morgan fingerprint density at radius 2 is 1.75 bits per heavy atom. The summed E-state index contributed by atoms with van der Waals surface area (Å²) in [7, 11) is -3.41. The molecule has 0 bridgehead atoms. The van der Waals surface area contributed by atoms with Crippen LogP contribution in [0, 0.1) is 5.82 Å². The summed E-state index contributed by atoms with van der Waals surface area (Å²) in [6.07, 6.45) is 0. The molecule has 1 saturated heterocycles. The van der Waals surface area contributed by atoms with Gasteiger partial charge >= 0.3 is 0 Å². The summed E-state index contributed by atoms with van der Waals surface area (Å²) in [6, 6.07) is 13.4. The number of sulfonamides is 1. The van der Waals surface area contributed by atoms with Gasteiger partial charge in [0.2, 0.25) is 15.9 Å². The van der Waals surface area contributed by atoms with E-state index in [-0.39, 0.29) is 35.5 Å². The first-order valence-electron chi connectivity index (χ1n) is 8.72. The van der Waals surface area contributed by atoms with Gasteiger partial charge < -0.3 is 4.90 Å². The lowest BCUT2D eigenvalue weighted by atomic mass is 10.2. The third kappa shape index (κ3) is 5.47. The van der Waals surface area contributed by atoms with Crippen LogP contribution < -0.4 is 0 Å². The average Bonchev–Trinajstić information content (AvgIpc) is 2.69. The van der Waals surface area contributed by atoms with Crippen LogP contribution >= 0.6 is 23.4 Å². The second-order valence-corrected chi connectivity index (χ2v) is 9.81. The zero-order valence-corrected chi connectivity index (χ0v) is 17.4. The lowest BCUT2D eigenvalue weighted by Crippen LogP contribution is -2.51. The first kappa shape index (κ1) is 21.1. The third-order valence-corrected chi connectivity index (χ3v) is 7.55. The van der Waals surface area contributed by atoms with Gasteiger partial charge in [-0.05, 0) is 23.8 Å². The summed E-state index contributed by atoms with van der Waals surface area (Å²) in [5.74, 6) is -0.419. The smallest absolute Gasteiger partial charge is 0.233 e. The van der Waals surface area contributed by atoms with Crippen molar-refractivity contribution in [2.24, 2.45) is 0 Å². The fourth-order valence-corrected chi connectivity index (χ4v) is 5.49. The highest BCUT2D eigenvalue weighted by atomic mass is 35.5. The molecule has 0 spiro atoms. The summed E-state index contributed by atoms with van der Waals surface area (Å²) in [5, 5.41) is 0.0229. The minimum Gasteiger partial charge on any atom is -0.339 e. The molecule has 1 amide bonds. The summed E-state index contributed by atoms with van der Waals surface area (Å²) in [5.41, 5.74) is 0.746. The van der Waals surface area contributed by atoms with Gasteiger partial charge in [0.25, 0.3) is 0 Å². The molecule has 0 saturated carbocycles. The highest BCUT2D eigenvalue weighted by molar-refractivity contribution is 8.00. The number of piperazine rings is 1. The van der Waals surface area contributed by atoms with Crippen molar-refractivity contribution in [2.75, 3.05) is 31.9 Å². The SMILES string of the molecule is O=C(CSc1ccc(F)c(Cl)c1)N1CCN(S(=O)(=O)Cc2ccccc2)CC1. The average molecular weight is 443 g/mol. The quantitative estimate of drug-likeness (QED) is 0.644. The molecule has 1 fully saturated rings. The number of hydrogen-bond donors (Lipinski definition) is 0. The Kier molecular flexibility index (Phi) is 6.98. The molecule has 0 aromatic heterocycles. The first-order valence-corrected chi connectivity index (χ1v) is 11.7. The maximum atomic E-state index is 13.2. The first-order chi connectivity index (χ1) is 13.3. The van der Waals surface area contributed by atoms with Gasteiger partial charge in [0, 0.05) is 31.1 Å². The number of thioether (sulfide) groups is 1. The molecular weight excluding hydrogens is 423 g/mol. The standard InChI is InChI=1S/C19H20ClFN2O3S2/c20-17-12-16(6-7-18(17)21)27-13-19(24)22-8-10-23(11-9-22)28(25,26)14-15-4-2-1-3-5-15/h1-7,12H,8-11,13-14H2. The zero-order chi connectivity index (χ0) is 20.1. The molecule has 3 rings (SSSR count). The van der Waals surface area contributed by atoms with Gasteiger partial charge in [-0.1, -0.05) is 41.9 Å². The van der Waals surface area contributed by atoms with Crippen molar-refractivity contribution in [3.8, 4) is 0 Å². The van der Waals surface area contributed by atoms with Gasteiger partial charge in [-0.25, -0.2) is 12.8 Å². The van der Waals surface area contributed by atoms with Gasteiger partial charge in [-0.15, -0.1) is 11.8 Å². The van der Waals surface area contributed by atoms with E-state index in [1.54, 1.807) is 23.1 Å². The maximum Gasteiger partial charge on any atom is 0.233 e. The van der Waals surface area contributed by atoms with Crippen molar-refractivity contribution in [1.29, 1.82) is 0 Å². The second-order valence-electron chi connectivity index (χ2n) is 6.39. The molecule has 9 heteroatoms. The number of rotatable bonds is 6. The Balaban J connectivity index is 1.50. The third-order valence-electron chi connectivity index (χ3n) is 4.43. The Labute approximate surface area is 173 Å². The van der Waals surface area contributed by atoms with E-state index < -0.39 is 15.8 Å². The number of carbonyl (C=O) groups is 1. The van der Waals surface area contributed by atoms with Crippen molar-refractivity contribution in [3.05, 3.63) is 64.9 Å². The number of nitrogens with zero attached hydrogens (tertiary/aromatic N) is 2. The molecule has 1 aliphatic rings. The Hall–Kier alpha value is -1.61. The van der Waals surface area contributed by atoms with E-state index in [1.165, 1.54) is 28.2 Å². The molecule has 1 heterocycles. The van der Waals surface area contributed by atoms with E-state index in [9.17, 15) is 17.6 Å². The Morgan fingerprint density at radius 1 is 1.07 bits per heavy atom. The van der Waals surface area contributed by atoms with Crippen molar-refractivity contribution in [1.82, 2.24) is 9.21 Å². The molecule has 0 radical (unpaired) electrons. The summed E-state index contributed by atoms with van der Waals surface area (Å²) in [6.45, 7) is 1.29. The largest absolute Gasteiger partial charge is 0.339 e. The van der Waals surface area contributed by atoms with Crippen LogP contribution in [0.1, 0.15) is 5.56 Å². The van der Waals surface area contributed by atoms with E-state index in [2.05, 4.69) is 0 Å². The molecule has 1 aliphatic heterocycles. The molecule has 0 aliphatic carbocycles. The van der Waals surface area contributed by atoms with Crippen LogP contribution in [-0.2, 0) is 20.6 Å². The summed E-state index contributed by atoms with van der Waals surface area (Å²) >= 11 is 7.03. The van der Waals surface area contributed by atoms with Gasteiger partial charge in [-0.2, -0.15) is 4.31 Å². The zero-order valence-electron chi connectivity index (χ0n) is 15.1. The van der Waals surface area contributed by atoms with E-state index in [1.807, 2.05) is 18.2 Å². The predicted molar refractivity (Wildman–Crippen MR) is 109 cm³/mol. The van der Waals surface area contributed by atoms with Crippen molar-refractivity contribution < 1.29 is 17.6 Å². The molecule has 28 heavy (non-hydrogen) atoms. The number of hydrogen-bond acceptors (Lipinski definition) is 4. The Morgan fingerprint density at radius 3 is 2.39 bits per heavy atom. The molecule has 5 nitrogen and oxygen atoms in total. The van der Waals surface area contributed by atoms with Gasteiger partial charge in [0.15, 0.2) is 0 Å². The van der Waals surface area contributed by atoms with Crippen LogP contribution in [-0.4, -0.2) is 55.5 Å². The van der Waals surface area contributed by atoms with Crippen molar-refractivity contribution >= 4 is 39.3 Å². The van der Waals surface area contributed by atoms with Crippen molar-refractivity contribution in [3.63, 3.8) is 0 Å². The molecular formula is C19H20ClFN2O3S2. The summed E-state index contributed by atoms with van der Waals surface area (Å²) in [4.78, 5) is 14.8. The van der Waals surface area contributed by atoms with Gasteiger partial charge in [0.05, 0.1) is 16.5 Å². The lowest BCUT2D eigenvalue weighted by Gasteiger charge is -2.34. The van der Waals surface area contributed by atoms with E-state index in [0.717, 1.165) is 5.56 Å². The van der Waals surface area contributed by atoms with E-state index in [0.29, 0.717) is 18.0 Å². The van der Waals surface area contributed by atoms with Crippen LogP contribution in [0.2, 0.25) is 5.02 Å². The monoisotopic (exact) mass is 442 g/mol. The molecule has 0 atom stereocenters. The van der Waals surface area contributed by atoms with Crippen LogP contribution in [0.15, 0.2) is 53.4 Å². The maximum absolute atomic E-state index is 13.2. The van der Waals surface area contributed by atoms with Crippen molar-refractivity contribution in [2.45, 2.75) is 10.6 Å². The highest BCUT2D eigenvalue weighted by Crippen LogP contribution is 2.24. The van der Waals surface area contributed by atoms with Gasteiger partial charge in [-0.3, -0.25) is 4.79 Å². The fourth-order valence-electron chi connectivity index (χ4n) is 2.89. The summed E-state index contributed by atoms with van der Waals surface area (Å²) < 4.78 is 39.8. The topological polar surface area (TPSA) is 57.7 Å². The molecule has 2 aromatic rings. The normalized spacial score (nSPS) is 15.6.